The molecule has 3 rings (SSSR count). The van der Waals surface area contributed by atoms with E-state index in [0.717, 1.165) is 15.6 Å². The molecule has 1 heterocycles. The molecule has 2 amide bonds. The third kappa shape index (κ3) is 4.50. The Balaban J connectivity index is 1.56. The first-order valence-electron chi connectivity index (χ1n) is 7.78. The summed E-state index contributed by atoms with van der Waals surface area (Å²) < 4.78 is 5.92. The number of carbonyl (C=O) groups is 2. The van der Waals surface area contributed by atoms with Crippen molar-refractivity contribution in [3.05, 3.63) is 65.5 Å². The molecule has 0 unspecified atom stereocenters. The third-order valence-electron chi connectivity index (χ3n) is 3.48. The van der Waals surface area contributed by atoms with Crippen molar-refractivity contribution >= 4 is 34.9 Å². The zero-order chi connectivity index (χ0) is 18.4. The van der Waals surface area contributed by atoms with Crippen LogP contribution in [0.3, 0.4) is 0 Å². The fourth-order valence-electron chi connectivity index (χ4n) is 2.25. The lowest BCUT2D eigenvalue weighted by Gasteiger charge is -2.07. The van der Waals surface area contributed by atoms with Gasteiger partial charge >= 0.3 is 0 Å². The summed E-state index contributed by atoms with van der Waals surface area (Å²) in [5, 5.41) is 4.33. The largest absolute Gasteiger partial charge is 0.496 e. The van der Waals surface area contributed by atoms with Gasteiger partial charge in [0.1, 0.15) is 5.75 Å². The molecule has 26 heavy (non-hydrogen) atoms. The number of hydrogen-bond acceptors (Lipinski definition) is 6. The SMILES string of the molecule is COc1ccccc1C(=O)NC(=O)CSc1nc(-c2ccccc2)cs1. The number of aromatic nitrogens is 1. The fourth-order valence-corrected chi connectivity index (χ4v) is 3.89. The van der Waals surface area contributed by atoms with E-state index in [-0.39, 0.29) is 11.7 Å². The number of rotatable bonds is 6. The number of methoxy groups -OCH3 is 1. The third-order valence-corrected chi connectivity index (χ3v) is 5.50. The van der Waals surface area contributed by atoms with Gasteiger partial charge in [0, 0.05) is 10.9 Å². The van der Waals surface area contributed by atoms with E-state index in [1.807, 2.05) is 35.7 Å². The van der Waals surface area contributed by atoms with E-state index in [1.165, 1.54) is 30.2 Å². The number of hydrogen-bond donors (Lipinski definition) is 1. The molecule has 132 valence electrons. The van der Waals surface area contributed by atoms with Crippen molar-refractivity contribution in [3.63, 3.8) is 0 Å². The number of carbonyl (C=O) groups excluding carboxylic acids is 2. The van der Waals surface area contributed by atoms with E-state index in [1.54, 1.807) is 24.3 Å². The molecule has 0 spiro atoms. The van der Waals surface area contributed by atoms with Gasteiger partial charge < -0.3 is 4.74 Å². The molecule has 5 nitrogen and oxygen atoms in total. The fraction of sp³-hybridized carbons (Fsp3) is 0.105. The van der Waals surface area contributed by atoms with Crippen LogP contribution in [-0.4, -0.2) is 29.7 Å². The summed E-state index contributed by atoms with van der Waals surface area (Å²) in [4.78, 5) is 28.8. The Morgan fingerprint density at radius 1 is 1.12 bits per heavy atom. The van der Waals surface area contributed by atoms with E-state index in [4.69, 9.17) is 4.74 Å². The Hall–Kier alpha value is -2.64. The molecule has 1 N–H and O–H groups in total. The van der Waals surface area contributed by atoms with Crippen molar-refractivity contribution in [1.29, 1.82) is 0 Å². The summed E-state index contributed by atoms with van der Waals surface area (Å²) in [6.45, 7) is 0. The maximum Gasteiger partial charge on any atom is 0.261 e. The molecule has 0 aliphatic heterocycles. The standard InChI is InChI=1S/C19H16N2O3S2/c1-24-16-10-6-5-9-14(16)18(23)21-17(22)12-26-19-20-15(11-25-19)13-7-3-2-4-8-13/h2-11H,12H2,1H3,(H,21,22,23). The second-order valence-electron chi connectivity index (χ2n) is 5.23. The van der Waals surface area contributed by atoms with Crippen LogP contribution in [0.1, 0.15) is 10.4 Å². The Morgan fingerprint density at radius 3 is 2.62 bits per heavy atom. The minimum absolute atomic E-state index is 0.114. The molecule has 0 bridgehead atoms. The first-order valence-corrected chi connectivity index (χ1v) is 9.65. The number of thiazole rings is 1. The number of amides is 2. The van der Waals surface area contributed by atoms with Crippen LogP contribution in [0.4, 0.5) is 0 Å². The van der Waals surface area contributed by atoms with Crippen molar-refractivity contribution in [2.45, 2.75) is 4.34 Å². The van der Waals surface area contributed by atoms with Crippen molar-refractivity contribution in [3.8, 4) is 17.0 Å². The van der Waals surface area contributed by atoms with Crippen molar-refractivity contribution in [1.82, 2.24) is 10.3 Å². The lowest BCUT2D eigenvalue weighted by molar-refractivity contribution is -0.117. The number of benzene rings is 2. The summed E-state index contributed by atoms with van der Waals surface area (Å²) in [5.74, 6) is -0.305. The van der Waals surface area contributed by atoms with E-state index < -0.39 is 5.91 Å². The normalized spacial score (nSPS) is 10.3. The zero-order valence-corrected chi connectivity index (χ0v) is 15.6. The highest BCUT2D eigenvalue weighted by Gasteiger charge is 2.15. The molecule has 3 aromatic rings. The highest BCUT2D eigenvalue weighted by Crippen LogP contribution is 2.28. The van der Waals surface area contributed by atoms with E-state index in [9.17, 15) is 9.59 Å². The number of nitrogens with one attached hydrogen (secondary N) is 1. The summed E-state index contributed by atoms with van der Waals surface area (Å²) in [6, 6.07) is 16.6. The topological polar surface area (TPSA) is 68.3 Å². The van der Waals surface area contributed by atoms with Gasteiger partial charge in [0.05, 0.1) is 24.1 Å². The molecule has 0 atom stereocenters. The first kappa shape index (κ1) is 18.2. The van der Waals surface area contributed by atoms with Gasteiger partial charge in [0.25, 0.3) is 5.91 Å². The predicted molar refractivity (Wildman–Crippen MR) is 104 cm³/mol. The zero-order valence-electron chi connectivity index (χ0n) is 14.0. The lowest BCUT2D eigenvalue weighted by Crippen LogP contribution is -2.32. The molecule has 1 aromatic heterocycles. The Bertz CT molecular complexity index is 910. The molecular formula is C19H16N2O3S2. The van der Waals surface area contributed by atoms with Crippen LogP contribution in [0.2, 0.25) is 0 Å². The lowest BCUT2D eigenvalue weighted by atomic mass is 10.2. The quantitative estimate of drug-likeness (QED) is 0.654. The Morgan fingerprint density at radius 2 is 1.85 bits per heavy atom. The summed E-state index contributed by atoms with van der Waals surface area (Å²) >= 11 is 2.78. The van der Waals surface area contributed by atoms with Crippen molar-refractivity contribution in [2.75, 3.05) is 12.9 Å². The van der Waals surface area contributed by atoms with E-state index >= 15 is 0 Å². The van der Waals surface area contributed by atoms with Gasteiger partial charge in [-0.25, -0.2) is 4.98 Å². The molecule has 0 saturated heterocycles. The summed E-state index contributed by atoms with van der Waals surface area (Å²) in [7, 11) is 1.48. The Labute approximate surface area is 159 Å². The average Bonchev–Trinajstić information content (AvgIpc) is 3.16. The van der Waals surface area contributed by atoms with Crippen LogP contribution < -0.4 is 10.1 Å². The molecule has 0 radical (unpaired) electrons. The second-order valence-corrected chi connectivity index (χ2v) is 7.31. The van der Waals surface area contributed by atoms with Gasteiger partial charge in [0.15, 0.2) is 4.34 Å². The number of para-hydroxylation sites is 1. The van der Waals surface area contributed by atoms with Gasteiger partial charge in [-0.2, -0.15) is 0 Å². The highest BCUT2D eigenvalue weighted by molar-refractivity contribution is 8.01. The summed E-state index contributed by atoms with van der Waals surface area (Å²) in [5.41, 5.74) is 2.24. The summed E-state index contributed by atoms with van der Waals surface area (Å²) in [6.07, 6.45) is 0. The van der Waals surface area contributed by atoms with Gasteiger partial charge in [-0.15, -0.1) is 11.3 Å². The molecule has 7 heteroatoms. The molecule has 0 aliphatic carbocycles. The molecule has 0 saturated carbocycles. The number of imide groups is 1. The van der Waals surface area contributed by atoms with Crippen LogP contribution in [0.15, 0.2) is 64.3 Å². The van der Waals surface area contributed by atoms with Crippen LogP contribution in [-0.2, 0) is 4.79 Å². The number of ether oxygens (including phenoxy) is 1. The average molecular weight is 384 g/mol. The van der Waals surface area contributed by atoms with Gasteiger partial charge in [-0.1, -0.05) is 54.2 Å². The first-order chi connectivity index (χ1) is 12.7. The molecule has 0 fully saturated rings. The van der Waals surface area contributed by atoms with E-state index in [2.05, 4.69) is 10.3 Å². The van der Waals surface area contributed by atoms with Gasteiger partial charge in [-0.05, 0) is 12.1 Å². The van der Waals surface area contributed by atoms with Crippen LogP contribution in [0.25, 0.3) is 11.3 Å². The van der Waals surface area contributed by atoms with Crippen molar-refractivity contribution < 1.29 is 14.3 Å². The van der Waals surface area contributed by atoms with Crippen LogP contribution in [0.5, 0.6) is 5.75 Å². The Kier molecular flexibility index (Phi) is 6.04. The molecule has 0 aliphatic rings. The highest BCUT2D eigenvalue weighted by atomic mass is 32.2. The maximum atomic E-state index is 12.2. The monoisotopic (exact) mass is 384 g/mol. The van der Waals surface area contributed by atoms with Gasteiger partial charge in [0.2, 0.25) is 5.91 Å². The maximum absolute atomic E-state index is 12.2. The smallest absolute Gasteiger partial charge is 0.261 e. The molecular weight excluding hydrogens is 368 g/mol. The number of thioether (sulfide) groups is 1. The minimum Gasteiger partial charge on any atom is -0.496 e. The van der Waals surface area contributed by atoms with Gasteiger partial charge in [-0.3, -0.25) is 14.9 Å². The van der Waals surface area contributed by atoms with E-state index in [0.29, 0.717) is 11.3 Å². The van der Waals surface area contributed by atoms with Crippen LogP contribution in [0, 0.1) is 0 Å². The predicted octanol–water partition coefficient (Wildman–Crippen LogP) is 3.87. The second kappa shape index (κ2) is 8.64. The van der Waals surface area contributed by atoms with Crippen LogP contribution >= 0.6 is 23.1 Å². The number of nitrogens with zero attached hydrogens (tertiary/aromatic N) is 1. The molecule has 2 aromatic carbocycles. The van der Waals surface area contributed by atoms with Crippen molar-refractivity contribution in [2.24, 2.45) is 0 Å². The minimum atomic E-state index is -0.475.